The van der Waals surface area contributed by atoms with Gasteiger partial charge in [0, 0.05) is 18.3 Å². The van der Waals surface area contributed by atoms with Gasteiger partial charge in [-0.05, 0) is 12.5 Å². The maximum absolute atomic E-state index is 10.1. The van der Waals surface area contributed by atoms with Gasteiger partial charge in [0.25, 0.3) is 0 Å². The molecule has 3 heteroatoms. The third-order valence-electron chi connectivity index (χ3n) is 1.56. The fourth-order valence-corrected chi connectivity index (χ4v) is 0.978. The number of hydrogen-bond donors (Lipinski definition) is 1. The minimum atomic E-state index is 0.288. The molecule has 0 aliphatic rings. The second kappa shape index (κ2) is 3.02. The van der Waals surface area contributed by atoms with Crippen LogP contribution in [0.4, 0.5) is 0 Å². The summed E-state index contributed by atoms with van der Waals surface area (Å²) in [5.41, 5.74) is 2.20. The highest BCUT2D eigenvalue weighted by Crippen LogP contribution is 2.10. The zero-order chi connectivity index (χ0) is 8.27. The molecule has 0 atom stereocenters. The lowest BCUT2D eigenvalue weighted by Crippen LogP contribution is -1.89. The second-order valence-electron chi connectivity index (χ2n) is 2.31. The summed E-state index contributed by atoms with van der Waals surface area (Å²) in [4.78, 5) is 13.0. The van der Waals surface area contributed by atoms with Crippen LogP contribution in [-0.4, -0.2) is 11.3 Å². The highest BCUT2D eigenvalue weighted by molar-refractivity contribution is 5.57. The van der Waals surface area contributed by atoms with E-state index in [9.17, 15) is 4.79 Å². The number of aromatic nitrogens is 1. The number of nitriles is 1. The van der Waals surface area contributed by atoms with Gasteiger partial charge in [0.2, 0.25) is 0 Å². The zero-order valence-corrected chi connectivity index (χ0v) is 6.22. The van der Waals surface area contributed by atoms with Gasteiger partial charge in [0.05, 0.1) is 5.56 Å². The molecule has 1 N–H and O–H groups in total. The molecule has 1 aromatic heterocycles. The minimum Gasteiger partial charge on any atom is -0.363 e. The van der Waals surface area contributed by atoms with Crippen LogP contribution in [0.25, 0.3) is 0 Å². The van der Waals surface area contributed by atoms with E-state index in [2.05, 4.69) is 4.98 Å². The number of aldehydes is 1. The van der Waals surface area contributed by atoms with Gasteiger partial charge < -0.3 is 9.78 Å². The van der Waals surface area contributed by atoms with Crippen LogP contribution in [0, 0.1) is 18.3 Å². The molecule has 3 nitrogen and oxygen atoms in total. The number of carbonyl (C=O) groups is 1. The lowest BCUT2D eigenvalue weighted by atomic mass is 10.1. The van der Waals surface area contributed by atoms with Crippen LogP contribution in [0.15, 0.2) is 6.20 Å². The molecule has 0 saturated heterocycles. The van der Waals surface area contributed by atoms with Gasteiger partial charge in [0.15, 0.2) is 0 Å². The summed E-state index contributed by atoms with van der Waals surface area (Å²) < 4.78 is 0. The van der Waals surface area contributed by atoms with E-state index in [4.69, 9.17) is 5.26 Å². The number of aryl methyl sites for hydroxylation is 1. The molecule has 0 radical (unpaired) electrons. The highest BCUT2D eigenvalue weighted by atomic mass is 16.1. The standard InChI is InChI=1S/C8H8N2O/c1-6-5-10-8(2-3-11)7(6)4-9/h3,5,10H,2H2,1H3. The predicted octanol–water partition coefficient (Wildman–Crippen LogP) is 0.936. The van der Waals surface area contributed by atoms with Gasteiger partial charge in [-0.2, -0.15) is 5.26 Å². The summed E-state index contributed by atoms with van der Waals surface area (Å²) in [5, 5.41) is 8.63. The van der Waals surface area contributed by atoms with Crippen molar-refractivity contribution in [2.24, 2.45) is 0 Å². The van der Waals surface area contributed by atoms with Crippen molar-refractivity contribution in [2.45, 2.75) is 13.3 Å². The fourth-order valence-electron chi connectivity index (χ4n) is 0.978. The lowest BCUT2D eigenvalue weighted by molar-refractivity contribution is -0.107. The van der Waals surface area contributed by atoms with Crippen molar-refractivity contribution in [3.63, 3.8) is 0 Å². The molecule has 0 saturated carbocycles. The third kappa shape index (κ3) is 1.30. The Labute approximate surface area is 64.7 Å². The Kier molecular flexibility index (Phi) is 2.07. The summed E-state index contributed by atoms with van der Waals surface area (Å²) >= 11 is 0. The van der Waals surface area contributed by atoms with E-state index in [1.807, 2.05) is 13.0 Å². The topological polar surface area (TPSA) is 56.6 Å². The molecule has 1 aromatic rings. The second-order valence-corrected chi connectivity index (χ2v) is 2.31. The summed E-state index contributed by atoms with van der Waals surface area (Å²) in [7, 11) is 0. The number of nitrogens with zero attached hydrogens (tertiary/aromatic N) is 1. The number of aromatic amines is 1. The summed E-state index contributed by atoms with van der Waals surface area (Å²) in [5.74, 6) is 0. The van der Waals surface area contributed by atoms with Crippen molar-refractivity contribution in [3.8, 4) is 6.07 Å². The van der Waals surface area contributed by atoms with Crippen LogP contribution < -0.4 is 0 Å². The first-order valence-electron chi connectivity index (χ1n) is 3.30. The smallest absolute Gasteiger partial charge is 0.125 e. The van der Waals surface area contributed by atoms with Crippen molar-refractivity contribution >= 4 is 6.29 Å². The molecule has 0 spiro atoms. The van der Waals surface area contributed by atoms with E-state index in [1.54, 1.807) is 6.20 Å². The average molecular weight is 148 g/mol. The predicted molar refractivity (Wildman–Crippen MR) is 40.0 cm³/mol. The number of carbonyl (C=O) groups excluding carboxylic acids is 1. The monoisotopic (exact) mass is 148 g/mol. The Morgan fingerprint density at radius 3 is 3.09 bits per heavy atom. The molecule has 0 aliphatic carbocycles. The van der Waals surface area contributed by atoms with E-state index in [0.29, 0.717) is 11.3 Å². The third-order valence-corrected chi connectivity index (χ3v) is 1.56. The lowest BCUT2D eigenvalue weighted by Gasteiger charge is -1.88. The van der Waals surface area contributed by atoms with Gasteiger partial charge in [0.1, 0.15) is 12.4 Å². The van der Waals surface area contributed by atoms with Crippen molar-refractivity contribution in [2.75, 3.05) is 0 Å². The van der Waals surface area contributed by atoms with Crippen molar-refractivity contribution in [3.05, 3.63) is 23.0 Å². The van der Waals surface area contributed by atoms with Crippen LogP contribution in [0.3, 0.4) is 0 Å². The molecule has 0 unspecified atom stereocenters. The van der Waals surface area contributed by atoms with E-state index >= 15 is 0 Å². The van der Waals surface area contributed by atoms with Gasteiger partial charge in [-0.25, -0.2) is 0 Å². The van der Waals surface area contributed by atoms with Gasteiger partial charge in [-0.3, -0.25) is 0 Å². The first-order valence-corrected chi connectivity index (χ1v) is 3.30. The van der Waals surface area contributed by atoms with Crippen LogP contribution in [0.2, 0.25) is 0 Å². The molecule has 56 valence electrons. The first-order chi connectivity index (χ1) is 5.29. The molecule has 0 aromatic carbocycles. The normalized spacial score (nSPS) is 9.09. The summed E-state index contributed by atoms with van der Waals surface area (Å²) in [6.45, 7) is 1.84. The van der Waals surface area contributed by atoms with Crippen molar-refractivity contribution < 1.29 is 4.79 Å². The van der Waals surface area contributed by atoms with Crippen LogP contribution in [0.5, 0.6) is 0 Å². The van der Waals surface area contributed by atoms with Gasteiger partial charge in [-0.1, -0.05) is 0 Å². The van der Waals surface area contributed by atoms with E-state index in [1.165, 1.54) is 0 Å². The summed E-state index contributed by atoms with van der Waals surface area (Å²) in [6.07, 6.45) is 2.81. The van der Waals surface area contributed by atoms with Gasteiger partial charge >= 0.3 is 0 Å². The SMILES string of the molecule is Cc1c[nH]c(CC=O)c1C#N. The van der Waals surface area contributed by atoms with Crippen LogP contribution in [-0.2, 0) is 11.2 Å². The quantitative estimate of drug-likeness (QED) is 0.634. The molecule has 11 heavy (non-hydrogen) atoms. The molecule has 1 rings (SSSR count). The Hall–Kier alpha value is -1.56. The Morgan fingerprint density at radius 2 is 2.55 bits per heavy atom. The van der Waals surface area contributed by atoms with Crippen LogP contribution >= 0.6 is 0 Å². The van der Waals surface area contributed by atoms with Crippen LogP contribution in [0.1, 0.15) is 16.8 Å². The molecular formula is C8H8N2O. The van der Waals surface area contributed by atoms with E-state index in [0.717, 1.165) is 11.8 Å². The number of H-pyrrole nitrogens is 1. The molecule has 0 aliphatic heterocycles. The molecule has 0 amide bonds. The molecule has 1 heterocycles. The highest BCUT2D eigenvalue weighted by Gasteiger charge is 2.05. The van der Waals surface area contributed by atoms with E-state index < -0.39 is 0 Å². The van der Waals surface area contributed by atoms with E-state index in [-0.39, 0.29) is 6.42 Å². The number of nitrogens with one attached hydrogen (secondary N) is 1. The minimum absolute atomic E-state index is 0.288. The van der Waals surface area contributed by atoms with Crippen molar-refractivity contribution in [1.29, 1.82) is 5.26 Å². The number of rotatable bonds is 2. The fraction of sp³-hybridized carbons (Fsp3) is 0.250. The molecular weight excluding hydrogens is 140 g/mol. The van der Waals surface area contributed by atoms with Gasteiger partial charge in [-0.15, -0.1) is 0 Å². The zero-order valence-electron chi connectivity index (χ0n) is 6.22. The molecule has 0 fully saturated rings. The largest absolute Gasteiger partial charge is 0.363 e. The Balaban J connectivity index is 3.07. The Morgan fingerprint density at radius 1 is 1.82 bits per heavy atom. The maximum atomic E-state index is 10.1. The molecule has 0 bridgehead atoms. The first kappa shape index (κ1) is 7.55. The summed E-state index contributed by atoms with van der Waals surface area (Å²) in [6, 6.07) is 2.04. The maximum Gasteiger partial charge on any atom is 0.125 e. The average Bonchev–Trinajstić information content (AvgIpc) is 2.33. The Bertz CT molecular complexity index is 306. The van der Waals surface area contributed by atoms with Crippen molar-refractivity contribution in [1.82, 2.24) is 4.98 Å². The number of hydrogen-bond acceptors (Lipinski definition) is 2.